The number of benzene rings is 2. The van der Waals surface area contributed by atoms with E-state index in [1.54, 1.807) is 0 Å². The molecule has 0 radical (unpaired) electrons. The molecule has 0 aliphatic carbocycles. The van der Waals surface area contributed by atoms with Crippen molar-refractivity contribution in [3.63, 3.8) is 0 Å². The molecule has 0 aromatic heterocycles. The summed E-state index contributed by atoms with van der Waals surface area (Å²) in [4.78, 5) is 12.3. The summed E-state index contributed by atoms with van der Waals surface area (Å²) in [6.07, 6.45) is 0. The number of halogens is 1. The van der Waals surface area contributed by atoms with Crippen LogP contribution in [0.5, 0.6) is 0 Å². The number of nitrogens with one attached hydrogen (secondary N) is 2. The summed E-state index contributed by atoms with van der Waals surface area (Å²) in [7, 11) is 0. The average Bonchev–Trinajstić information content (AvgIpc) is 2.42. The third-order valence-electron chi connectivity index (χ3n) is 2.66. The van der Waals surface area contributed by atoms with Crippen LogP contribution < -0.4 is 10.6 Å². The first kappa shape index (κ1) is 13.6. The maximum Gasteiger partial charge on any atom is 0.257 e. The summed E-state index contributed by atoms with van der Waals surface area (Å²) in [6.45, 7) is 2.78. The first-order chi connectivity index (χ1) is 9.22. The molecule has 2 aromatic rings. The van der Waals surface area contributed by atoms with Crippen LogP contribution in [0.4, 0.5) is 11.4 Å². The number of hydrogen-bond donors (Lipinski definition) is 2. The molecule has 2 rings (SSSR count). The molecule has 0 spiro atoms. The standard InChI is InChI=1S/C15H15BrN2O/c1-2-17-13-9-5-3-7-11(13)15(19)18-14-10-6-4-8-12(14)16/h3-10,17H,2H2,1H3,(H,18,19). The molecule has 0 fully saturated rings. The van der Waals surface area contributed by atoms with E-state index in [0.717, 1.165) is 22.4 Å². The van der Waals surface area contributed by atoms with E-state index < -0.39 is 0 Å². The van der Waals surface area contributed by atoms with Crippen molar-refractivity contribution in [1.82, 2.24) is 0 Å². The number of hydrogen-bond acceptors (Lipinski definition) is 2. The van der Waals surface area contributed by atoms with Crippen molar-refractivity contribution < 1.29 is 4.79 Å². The van der Waals surface area contributed by atoms with Crippen LogP contribution in [0.15, 0.2) is 53.0 Å². The fraction of sp³-hybridized carbons (Fsp3) is 0.133. The van der Waals surface area contributed by atoms with Gasteiger partial charge in [-0.3, -0.25) is 4.79 Å². The lowest BCUT2D eigenvalue weighted by molar-refractivity contribution is 0.102. The first-order valence-corrected chi connectivity index (χ1v) is 6.90. The van der Waals surface area contributed by atoms with Gasteiger partial charge in [0.15, 0.2) is 0 Å². The van der Waals surface area contributed by atoms with Crippen LogP contribution in [0.2, 0.25) is 0 Å². The number of rotatable bonds is 4. The zero-order chi connectivity index (χ0) is 13.7. The van der Waals surface area contributed by atoms with Gasteiger partial charge in [-0.1, -0.05) is 24.3 Å². The van der Waals surface area contributed by atoms with Gasteiger partial charge in [0.2, 0.25) is 0 Å². The Hall–Kier alpha value is -1.81. The smallest absolute Gasteiger partial charge is 0.257 e. The van der Waals surface area contributed by atoms with E-state index in [4.69, 9.17) is 0 Å². The number of anilines is 2. The zero-order valence-electron chi connectivity index (χ0n) is 10.6. The molecule has 0 atom stereocenters. The Balaban J connectivity index is 2.23. The number of carbonyl (C=O) groups is 1. The van der Waals surface area contributed by atoms with Gasteiger partial charge >= 0.3 is 0 Å². The minimum Gasteiger partial charge on any atom is -0.385 e. The number of amides is 1. The molecule has 0 bridgehead atoms. The second kappa shape index (κ2) is 6.38. The Morgan fingerprint density at radius 1 is 1.05 bits per heavy atom. The molecule has 0 unspecified atom stereocenters. The van der Waals surface area contributed by atoms with Crippen molar-refractivity contribution in [2.75, 3.05) is 17.2 Å². The largest absolute Gasteiger partial charge is 0.385 e. The van der Waals surface area contributed by atoms with Gasteiger partial charge in [0.1, 0.15) is 0 Å². The van der Waals surface area contributed by atoms with Gasteiger partial charge in [0, 0.05) is 16.7 Å². The summed E-state index contributed by atoms with van der Waals surface area (Å²) >= 11 is 3.42. The second-order valence-corrected chi connectivity index (χ2v) is 4.86. The van der Waals surface area contributed by atoms with Crippen molar-refractivity contribution in [2.45, 2.75) is 6.92 Å². The maximum absolute atomic E-state index is 12.3. The molecule has 2 N–H and O–H groups in total. The van der Waals surface area contributed by atoms with E-state index in [2.05, 4.69) is 26.6 Å². The van der Waals surface area contributed by atoms with E-state index in [1.165, 1.54) is 0 Å². The van der Waals surface area contributed by atoms with Crippen LogP contribution in [0, 0.1) is 0 Å². The Bertz CT molecular complexity index is 584. The molecule has 19 heavy (non-hydrogen) atoms. The lowest BCUT2D eigenvalue weighted by atomic mass is 10.1. The van der Waals surface area contributed by atoms with E-state index >= 15 is 0 Å². The highest BCUT2D eigenvalue weighted by molar-refractivity contribution is 9.10. The van der Waals surface area contributed by atoms with Crippen molar-refractivity contribution in [2.24, 2.45) is 0 Å². The average molecular weight is 319 g/mol. The molecular formula is C15H15BrN2O. The van der Waals surface area contributed by atoms with E-state index in [0.29, 0.717) is 5.56 Å². The van der Waals surface area contributed by atoms with Crippen molar-refractivity contribution >= 4 is 33.2 Å². The van der Waals surface area contributed by atoms with E-state index in [1.807, 2.05) is 55.5 Å². The topological polar surface area (TPSA) is 41.1 Å². The Morgan fingerprint density at radius 2 is 1.68 bits per heavy atom. The number of carbonyl (C=O) groups excluding carboxylic acids is 1. The van der Waals surface area contributed by atoms with Gasteiger partial charge in [-0.2, -0.15) is 0 Å². The summed E-state index contributed by atoms with van der Waals surface area (Å²) < 4.78 is 0.865. The lowest BCUT2D eigenvalue weighted by Crippen LogP contribution is -2.15. The Kier molecular flexibility index (Phi) is 4.58. The Morgan fingerprint density at radius 3 is 2.37 bits per heavy atom. The molecule has 2 aromatic carbocycles. The van der Waals surface area contributed by atoms with Crippen molar-refractivity contribution in [3.8, 4) is 0 Å². The highest BCUT2D eigenvalue weighted by Crippen LogP contribution is 2.23. The van der Waals surface area contributed by atoms with E-state index in [-0.39, 0.29) is 5.91 Å². The quantitative estimate of drug-likeness (QED) is 0.889. The monoisotopic (exact) mass is 318 g/mol. The molecule has 0 aliphatic rings. The lowest BCUT2D eigenvalue weighted by Gasteiger charge is -2.11. The molecule has 0 saturated carbocycles. The molecule has 0 saturated heterocycles. The summed E-state index contributed by atoms with van der Waals surface area (Å²) in [5.41, 5.74) is 2.24. The Labute approximate surface area is 121 Å². The summed E-state index contributed by atoms with van der Waals surface area (Å²) in [5.74, 6) is -0.122. The first-order valence-electron chi connectivity index (χ1n) is 6.11. The zero-order valence-corrected chi connectivity index (χ0v) is 12.2. The van der Waals surface area contributed by atoms with Crippen molar-refractivity contribution in [3.05, 3.63) is 58.6 Å². The highest BCUT2D eigenvalue weighted by atomic mass is 79.9. The van der Waals surface area contributed by atoms with Gasteiger partial charge in [0.25, 0.3) is 5.91 Å². The molecule has 3 nitrogen and oxygen atoms in total. The number of para-hydroxylation sites is 2. The predicted octanol–water partition coefficient (Wildman–Crippen LogP) is 4.13. The predicted molar refractivity (Wildman–Crippen MR) is 82.7 cm³/mol. The van der Waals surface area contributed by atoms with Gasteiger partial charge in [0.05, 0.1) is 11.3 Å². The van der Waals surface area contributed by atoms with Crippen LogP contribution in [-0.2, 0) is 0 Å². The third-order valence-corrected chi connectivity index (χ3v) is 3.35. The van der Waals surface area contributed by atoms with Crippen LogP contribution >= 0.6 is 15.9 Å². The third kappa shape index (κ3) is 3.35. The second-order valence-electron chi connectivity index (χ2n) is 4.01. The SMILES string of the molecule is CCNc1ccccc1C(=O)Nc1ccccc1Br. The van der Waals surface area contributed by atoms with E-state index in [9.17, 15) is 4.79 Å². The van der Waals surface area contributed by atoms with Crippen LogP contribution in [0.1, 0.15) is 17.3 Å². The highest BCUT2D eigenvalue weighted by Gasteiger charge is 2.11. The summed E-state index contributed by atoms with van der Waals surface area (Å²) in [5, 5.41) is 6.08. The minimum atomic E-state index is -0.122. The maximum atomic E-state index is 12.3. The van der Waals surface area contributed by atoms with Crippen LogP contribution in [0.25, 0.3) is 0 Å². The van der Waals surface area contributed by atoms with Crippen LogP contribution in [0.3, 0.4) is 0 Å². The molecule has 0 aliphatic heterocycles. The fourth-order valence-corrected chi connectivity index (χ4v) is 2.16. The molecule has 1 amide bonds. The van der Waals surface area contributed by atoms with Gasteiger partial charge in [-0.25, -0.2) is 0 Å². The van der Waals surface area contributed by atoms with Crippen molar-refractivity contribution in [1.29, 1.82) is 0 Å². The molecular weight excluding hydrogens is 304 g/mol. The minimum absolute atomic E-state index is 0.122. The summed E-state index contributed by atoms with van der Waals surface area (Å²) in [6, 6.07) is 15.0. The fourth-order valence-electron chi connectivity index (χ4n) is 1.78. The van der Waals surface area contributed by atoms with Crippen LogP contribution in [-0.4, -0.2) is 12.5 Å². The molecule has 4 heteroatoms. The van der Waals surface area contributed by atoms with Gasteiger partial charge in [-0.15, -0.1) is 0 Å². The molecule has 98 valence electrons. The molecule has 0 heterocycles. The normalized spacial score (nSPS) is 10.0. The van der Waals surface area contributed by atoms with Gasteiger partial charge < -0.3 is 10.6 Å². The van der Waals surface area contributed by atoms with Gasteiger partial charge in [-0.05, 0) is 47.1 Å².